The number of carbonyl (C=O) groups is 2. The van der Waals surface area contributed by atoms with E-state index in [1.807, 2.05) is 63.2 Å². The van der Waals surface area contributed by atoms with Gasteiger partial charge in [-0.1, -0.05) is 48.0 Å². The minimum atomic E-state index is -0.285. The number of aryl methyl sites for hydroxylation is 3. The Balaban J connectivity index is 1.97. The molecule has 0 saturated heterocycles. The first-order valence-electron chi connectivity index (χ1n) is 8.89. The number of aliphatic hydroxyl groups is 1. The van der Waals surface area contributed by atoms with Crippen molar-refractivity contribution in [2.45, 2.75) is 27.3 Å². The summed E-state index contributed by atoms with van der Waals surface area (Å²) in [4.78, 5) is 27.8. The molecule has 1 heterocycles. The Morgan fingerprint density at radius 2 is 1.63 bits per heavy atom. The zero-order valence-electron chi connectivity index (χ0n) is 15.8. The molecule has 1 aliphatic rings. The molecule has 27 heavy (non-hydrogen) atoms. The van der Waals surface area contributed by atoms with Crippen molar-refractivity contribution in [1.29, 1.82) is 0 Å². The number of rotatable bonds is 6. The largest absolute Gasteiger partial charge is 0.396 e. The Hall–Kier alpha value is -2.37. The number of aliphatic hydroxyl groups excluding tert-OH is 1. The summed E-state index contributed by atoms with van der Waals surface area (Å²) in [6.07, 6.45) is 0. The van der Waals surface area contributed by atoms with Gasteiger partial charge in [0.15, 0.2) is 0 Å². The van der Waals surface area contributed by atoms with E-state index in [0.717, 1.165) is 27.8 Å². The van der Waals surface area contributed by atoms with Crippen molar-refractivity contribution < 1.29 is 14.7 Å². The van der Waals surface area contributed by atoms with Gasteiger partial charge < -0.3 is 5.11 Å². The van der Waals surface area contributed by atoms with Crippen LogP contribution >= 0.6 is 11.8 Å². The van der Waals surface area contributed by atoms with Gasteiger partial charge in [-0.05, 0) is 43.0 Å². The molecule has 1 N–H and O–H groups in total. The molecule has 0 spiro atoms. The molecular weight excluding hydrogens is 358 g/mol. The van der Waals surface area contributed by atoms with Crippen LogP contribution in [0.1, 0.15) is 27.8 Å². The maximum atomic E-state index is 13.1. The maximum absolute atomic E-state index is 13.1. The average molecular weight is 381 g/mol. The Labute approximate surface area is 163 Å². The lowest BCUT2D eigenvalue weighted by Crippen LogP contribution is -2.31. The molecule has 0 radical (unpaired) electrons. The van der Waals surface area contributed by atoms with E-state index in [1.165, 1.54) is 16.7 Å². The van der Waals surface area contributed by atoms with Crippen molar-refractivity contribution in [3.63, 3.8) is 0 Å². The monoisotopic (exact) mass is 381 g/mol. The second-order valence-electron chi connectivity index (χ2n) is 6.76. The van der Waals surface area contributed by atoms with Gasteiger partial charge in [0.1, 0.15) is 0 Å². The molecule has 1 aliphatic heterocycles. The van der Waals surface area contributed by atoms with Crippen molar-refractivity contribution in [3.05, 3.63) is 75.2 Å². The normalized spacial score (nSPS) is 14.4. The number of hydrogen-bond acceptors (Lipinski definition) is 4. The Bertz CT molecular complexity index is 916. The van der Waals surface area contributed by atoms with Crippen LogP contribution in [0.25, 0.3) is 5.57 Å². The van der Waals surface area contributed by atoms with Crippen molar-refractivity contribution in [2.24, 2.45) is 0 Å². The van der Waals surface area contributed by atoms with Gasteiger partial charge in [-0.15, -0.1) is 11.8 Å². The third-order valence-corrected chi connectivity index (χ3v) is 5.77. The summed E-state index contributed by atoms with van der Waals surface area (Å²) in [5.41, 5.74) is 5.44. The third-order valence-electron chi connectivity index (χ3n) is 4.72. The number of nitrogens with zero attached hydrogens (tertiary/aromatic N) is 1. The lowest BCUT2D eigenvalue weighted by molar-refractivity contribution is -0.137. The molecule has 2 aromatic rings. The fourth-order valence-corrected chi connectivity index (χ4v) is 3.89. The highest BCUT2D eigenvalue weighted by atomic mass is 32.2. The maximum Gasteiger partial charge on any atom is 0.268 e. The second kappa shape index (κ2) is 8.11. The predicted molar refractivity (Wildman–Crippen MR) is 109 cm³/mol. The first-order valence-corrected chi connectivity index (χ1v) is 9.88. The van der Waals surface area contributed by atoms with Crippen LogP contribution < -0.4 is 0 Å². The summed E-state index contributed by atoms with van der Waals surface area (Å²) in [6.45, 7) is 6.20. The molecule has 0 aliphatic carbocycles. The smallest absolute Gasteiger partial charge is 0.268 e. The van der Waals surface area contributed by atoms with E-state index in [4.69, 9.17) is 0 Å². The van der Waals surface area contributed by atoms with Gasteiger partial charge in [0, 0.05) is 5.75 Å². The van der Waals surface area contributed by atoms with Crippen LogP contribution in [0.4, 0.5) is 0 Å². The van der Waals surface area contributed by atoms with Gasteiger partial charge in [0.25, 0.3) is 11.8 Å². The van der Waals surface area contributed by atoms with Crippen LogP contribution in [-0.2, 0) is 16.1 Å². The van der Waals surface area contributed by atoms with E-state index < -0.39 is 0 Å². The Kier molecular flexibility index (Phi) is 5.82. The van der Waals surface area contributed by atoms with Gasteiger partial charge in [-0.3, -0.25) is 14.5 Å². The highest BCUT2D eigenvalue weighted by Gasteiger charge is 2.39. The van der Waals surface area contributed by atoms with Crippen molar-refractivity contribution in [2.75, 3.05) is 12.4 Å². The van der Waals surface area contributed by atoms with E-state index in [1.54, 1.807) is 0 Å². The van der Waals surface area contributed by atoms with Gasteiger partial charge in [0.2, 0.25) is 0 Å². The summed E-state index contributed by atoms with van der Waals surface area (Å²) < 4.78 is 0. The summed E-state index contributed by atoms with van der Waals surface area (Å²) in [5, 5.41) is 9.19. The first-order chi connectivity index (χ1) is 12.9. The van der Waals surface area contributed by atoms with Crippen molar-refractivity contribution >= 4 is 29.1 Å². The number of benzene rings is 2. The fourth-order valence-electron chi connectivity index (χ4n) is 3.01. The van der Waals surface area contributed by atoms with E-state index in [-0.39, 0.29) is 25.0 Å². The van der Waals surface area contributed by atoms with Gasteiger partial charge >= 0.3 is 0 Å². The highest BCUT2D eigenvalue weighted by molar-refractivity contribution is 8.04. The molecule has 0 unspecified atom stereocenters. The molecule has 4 nitrogen and oxygen atoms in total. The summed E-state index contributed by atoms with van der Waals surface area (Å²) in [6, 6.07) is 13.6. The molecule has 0 fully saturated rings. The predicted octanol–water partition coefficient (Wildman–Crippen LogP) is 3.62. The van der Waals surface area contributed by atoms with Gasteiger partial charge in [0.05, 0.1) is 23.6 Å². The zero-order chi connectivity index (χ0) is 19.6. The van der Waals surface area contributed by atoms with E-state index in [0.29, 0.717) is 16.2 Å². The highest BCUT2D eigenvalue weighted by Crippen LogP contribution is 2.37. The van der Waals surface area contributed by atoms with Crippen LogP contribution in [-0.4, -0.2) is 34.2 Å². The second-order valence-corrected chi connectivity index (χ2v) is 7.86. The molecular formula is C22H23NO3S. The molecule has 3 rings (SSSR count). The van der Waals surface area contributed by atoms with Crippen LogP contribution in [0.5, 0.6) is 0 Å². The number of thioether (sulfide) groups is 1. The number of amides is 2. The molecule has 0 aromatic heterocycles. The minimum absolute atomic E-state index is 0.0478. The summed E-state index contributed by atoms with van der Waals surface area (Å²) in [5.74, 6) is -0.183. The number of carbonyl (C=O) groups excluding carboxylic acids is 2. The molecule has 2 amide bonds. The lowest BCUT2D eigenvalue weighted by Gasteiger charge is -2.15. The van der Waals surface area contributed by atoms with Crippen molar-refractivity contribution in [3.8, 4) is 0 Å². The standard InChI is InChI=1S/C22H23NO3S/c1-14-4-7-17(8-5-14)13-23-21(25)19(20(22(23)26)27-11-10-24)18-9-6-15(2)16(3)12-18/h4-9,12,24H,10-11,13H2,1-3H3. The first kappa shape index (κ1) is 19.4. The van der Waals surface area contributed by atoms with E-state index >= 15 is 0 Å². The molecule has 0 atom stereocenters. The van der Waals surface area contributed by atoms with Crippen LogP contribution in [0, 0.1) is 20.8 Å². The SMILES string of the molecule is Cc1ccc(CN2C(=O)C(SCCO)=C(c3ccc(C)c(C)c3)C2=O)cc1. The van der Waals surface area contributed by atoms with Gasteiger partial charge in [-0.2, -0.15) is 0 Å². The fraction of sp³-hybridized carbons (Fsp3) is 0.273. The molecule has 140 valence electrons. The molecule has 5 heteroatoms. The topological polar surface area (TPSA) is 57.6 Å². The molecule has 2 aromatic carbocycles. The van der Waals surface area contributed by atoms with E-state index in [9.17, 15) is 14.7 Å². The minimum Gasteiger partial charge on any atom is -0.396 e. The number of hydrogen-bond donors (Lipinski definition) is 1. The van der Waals surface area contributed by atoms with E-state index in [2.05, 4.69) is 0 Å². The van der Waals surface area contributed by atoms with Crippen molar-refractivity contribution in [1.82, 2.24) is 4.90 Å². The zero-order valence-corrected chi connectivity index (χ0v) is 16.6. The number of imide groups is 1. The summed E-state index contributed by atoms with van der Waals surface area (Å²) >= 11 is 1.24. The summed E-state index contributed by atoms with van der Waals surface area (Å²) in [7, 11) is 0. The molecule has 0 saturated carbocycles. The lowest BCUT2D eigenvalue weighted by atomic mass is 10.0. The van der Waals surface area contributed by atoms with Crippen LogP contribution in [0.15, 0.2) is 47.4 Å². The average Bonchev–Trinajstić information content (AvgIpc) is 2.88. The Morgan fingerprint density at radius 3 is 2.26 bits per heavy atom. The van der Waals surface area contributed by atoms with Crippen LogP contribution in [0.2, 0.25) is 0 Å². The van der Waals surface area contributed by atoms with Gasteiger partial charge in [-0.25, -0.2) is 0 Å². The molecule has 0 bridgehead atoms. The Morgan fingerprint density at radius 1 is 0.926 bits per heavy atom. The quantitative estimate of drug-likeness (QED) is 0.777. The van der Waals surface area contributed by atoms with Crippen LogP contribution in [0.3, 0.4) is 0 Å². The third kappa shape index (κ3) is 3.99.